The highest BCUT2D eigenvalue weighted by molar-refractivity contribution is 6.14. The lowest BCUT2D eigenvalue weighted by Crippen LogP contribution is -2.12. The first-order valence-electron chi connectivity index (χ1n) is 18.8. The molecular weight excluding hydrogens is 669 g/mol. The Balaban J connectivity index is 1.19. The summed E-state index contributed by atoms with van der Waals surface area (Å²) in [6.45, 7) is 0. The molecule has 0 saturated heterocycles. The third-order valence-corrected chi connectivity index (χ3v) is 11.0. The van der Waals surface area contributed by atoms with Crippen molar-refractivity contribution < 1.29 is 4.42 Å². The van der Waals surface area contributed by atoms with E-state index in [9.17, 15) is 0 Å². The summed E-state index contributed by atoms with van der Waals surface area (Å²) in [5, 5.41) is 7.13. The van der Waals surface area contributed by atoms with Crippen molar-refractivity contribution in [3.63, 3.8) is 0 Å². The van der Waals surface area contributed by atoms with Gasteiger partial charge in [0.05, 0.1) is 27.8 Å². The Morgan fingerprint density at radius 3 is 1.78 bits per heavy atom. The van der Waals surface area contributed by atoms with E-state index in [1.807, 2.05) is 6.07 Å². The van der Waals surface area contributed by atoms with E-state index in [4.69, 9.17) is 4.42 Å². The minimum atomic E-state index is 0.858. The van der Waals surface area contributed by atoms with Crippen LogP contribution >= 0.6 is 0 Å². The van der Waals surface area contributed by atoms with Gasteiger partial charge in [0, 0.05) is 33.1 Å². The predicted molar refractivity (Wildman–Crippen MR) is 231 cm³/mol. The average molecular weight is 703 g/mol. The van der Waals surface area contributed by atoms with Crippen molar-refractivity contribution in [3.8, 4) is 27.9 Å². The number of para-hydroxylation sites is 3. The Hall–Kier alpha value is -7.36. The van der Waals surface area contributed by atoms with E-state index in [1.54, 1.807) is 0 Å². The molecule has 0 N–H and O–H groups in total. The number of hydrogen-bond donors (Lipinski definition) is 0. The smallest absolute Gasteiger partial charge is 0.137 e. The Kier molecular flexibility index (Phi) is 7.17. The number of aromatic nitrogens is 1. The van der Waals surface area contributed by atoms with Crippen LogP contribution in [0.4, 0.5) is 17.1 Å². The summed E-state index contributed by atoms with van der Waals surface area (Å²) >= 11 is 0. The van der Waals surface area contributed by atoms with E-state index < -0.39 is 0 Å². The summed E-state index contributed by atoms with van der Waals surface area (Å²) in [5.74, 6) is 0. The molecule has 55 heavy (non-hydrogen) atoms. The molecule has 0 aliphatic carbocycles. The lowest BCUT2D eigenvalue weighted by atomic mass is 9.94. The van der Waals surface area contributed by atoms with Crippen molar-refractivity contribution in [2.75, 3.05) is 4.90 Å². The predicted octanol–water partition coefficient (Wildman–Crippen LogP) is 14.6. The van der Waals surface area contributed by atoms with E-state index in [2.05, 4.69) is 210 Å². The molecule has 0 aliphatic rings. The Bertz CT molecular complexity index is 3150. The van der Waals surface area contributed by atoms with Crippen molar-refractivity contribution in [3.05, 3.63) is 206 Å². The minimum absolute atomic E-state index is 0.858. The van der Waals surface area contributed by atoms with Crippen molar-refractivity contribution in [1.82, 2.24) is 4.57 Å². The lowest BCUT2D eigenvalue weighted by Gasteiger charge is -2.29. The maximum Gasteiger partial charge on any atom is 0.137 e. The van der Waals surface area contributed by atoms with E-state index in [-0.39, 0.29) is 0 Å². The van der Waals surface area contributed by atoms with Crippen molar-refractivity contribution in [2.45, 2.75) is 0 Å². The number of fused-ring (bicyclic) bond motifs is 7. The van der Waals surface area contributed by atoms with Gasteiger partial charge in [0.15, 0.2) is 0 Å². The minimum Gasteiger partial charge on any atom is -0.456 e. The standard InChI is InChI=1S/C52H34N2O/c1-2-14-36(15-3-1)42-33-28-37(41-22-12-17-35-16-4-5-18-40(35)41)34-49(42)54(48-25-13-27-51-52(48)45-21-8-11-26-50(45)55-51)39-31-29-38(30-32-39)53-46-23-9-6-19-43(46)44-20-7-10-24-47(44)53/h1-34H. The molecule has 0 aliphatic heterocycles. The molecule has 0 saturated carbocycles. The van der Waals surface area contributed by atoms with Crippen LogP contribution in [0.3, 0.4) is 0 Å². The zero-order valence-corrected chi connectivity index (χ0v) is 29.9. The van der Waals surface area contributed by atoms with E-state index >= 15 is 0 Å². The van der Waals surface area contributed by atoms with E-state index in [0.717, 1.165) is 61.4 Å². The van der Waals surface area contributed by atoms with Gasteiger partial charge in [0.1, 0.15) is 11.2 Å². The van der Waals surface area contributed by atoms with Crippen LogP contribution in [0.1, 0.15) is 0 Å². The molecule has 11 rings (SSSR count). The number of hydrogen-bond acceptors (Lipinski definition) is 2. The molecule has 9 aromatic carbocycles. The number of nitrogens with zero attached hydrogens (tertiary/aromatic N) is 2. The monoisotopic (exact) mass is 702 g/mol. The molecule has 0 bridgehead atoms. The van der Waals surface area contributed by atoms with Crippen LogP contribution in [-0.2, 0) is 0 Å². The molecular formula is C52H34N2O. The van der Waals surface area contributed by atoms with Gasteiger partial charge in [-0.05, 0) is 88.1 Å². The highest BCUT2D eigenvalue weighted by Crippen LogP contribution is 2.47. The molecule has 11 aromatic rings. The number of benzene rings is 9. The second-order valence-electron chi connectivity index (χ2n) is 14.1. The van der Waals surface area contributed by atoms with Gasteiger partial charge in [0.25, 0.3) is 0 Å². The SMILES string of the molecule is c1ccc(-c2ccc(-c3cccc4ccccc34)cc2N(c2ccc(-n3c4ccccc4c4ccccc43)cc2)c2cccc3oc4ccccc4c23)cc1. The molecule has 0 fully saturated rings. The highest BCUT2D eigenvalue weighted by Gasteiger charge is 2.23. The fourth-order valence-electron chi connectivity index (χ4n) is 8.52. The first-order chi connectivity index (χ1) is 27.3. The molecule has 0 atom stereocenters. The molecule has 0 spiro atoms. The van der Waals surface area contributed by atoms with Crippen LogP contribution in [-0.4, -0.2) is 4.57 Å². The average Bonchev–Trinajstić information content (AvgIpc) is 3.81. The van der Waals surface area contributed by atoms with Crippen molar-refractivity contribution in [1.29, 1.82) is 0 Å². The van der Waals surface area contributed by atoms with Gasteiger partial charge in [-0.15, -0.1) is 0 Å². The normalized spacial score (nSPS) is 11.6. The maximum atomic E-state index is 6.49. The van der Waals surface area contributed by atoms with Gasteiger partial charge in [0.2, 0.25) is 0 Å². The second kappa shape index (κ2) is 12.6. The molecule has 3 heteroatoms. The fourth-order valence-corrected chi connectivity index (χ4v) is 8.52. The summed E-state index contributed by atoms with van der Waals surface area (Å²) in [6, 6.07) is 74.0. The van der Waals surface area contributed by atoms with Crippen molar-refractivity contribution >= 4 is 71.6 Å². The van der Waals surface area contributed by atoms with Crippen LogP contribution in [0.5, 0.6) is 0 Å². The van der Waals surface area contributed by atoms with Gasteiger partial charge in [-0.25, -0.2) is 0 Å². The van der Waals surface area contributed by atoms with Crippen LogP contribution in [0.15, 0.2) is 211 Å². The third kappa shape index (κ3) is 5.05. The quantitative estimate of drug-likeness (QED) is 0.172. The molecule has 2 aromatic heterocycles. The van der Waals surface area contributed by atoms with Gasteiger partial charge in [-0.1, -0.05) is 146 Å². The number of anilines is 3. The molecule has 0 unspecified atom stereocenters. The Labute approximate surface area is 318 Å². The first kappa shape index (κ1) is 31.2. The third-order valence-electron chi connectivity index (χ3n) is 11.0. The largest absolute Gasteiger partial charge is 0.456 e. The van der Waals surface area contributed by atoms with Crippen LogP contribution in [0, 0.1) is 0 Å². The summed E-state index contributed by atoms with van der Waals surface area (Å²) < 4.78 is 8.87. The Morgan fingerprint density at radius 1 is 0.382 bits per heavy atom. The van der Waals surface area contributed by atoms with Crippen LogP contribution in [0.2, 0.25) is 0 Å². The van der Waals surface area contributed by atoms with Crippen LogP contribution in [0.25, 0.3) is 82.5 Å². The van der Waals surface area contributed by atoms with Gasteiger partial charge >= 0.3 is 0 Å². The topological polar surface area (TPSA) is 21.3 Å². The Morgan fingerprint density at radius 2 is 1.00 bits per heavy atom. The maximum absolute atomic E-state index is 6.49. The number of rotatable bonds is 6. The van der Waals surface area contributed by atoms with Crippen LogP contribution < -0.4 is 4.90 Å². The molecule has 3 nitrogen and oxygen atoms in total. The summed E-state index contributed by atoms with van der Waals surface area (Å²) in [6.07, 6.45) is 0. The van der Waals surface area contributed by atoms with E-state index in [0.29, 0.717) is 0 Å². The van der Waals surface area contributed by atoms with E-state index in [1.165, 1.54) is 38.1 Å². The molecule has 0 amide bonds. The second-order valence-corrected chi connectivity index (χ2v) is 14.1. The van der Waals surface area contributed by atoms with Gasteiger partial charge in [-0.2, -0.15) is 0 Å². The molecule has 0 radical (unpaired) electrons. The summed E-state index contributed by atoms with van der Waals surface area (Å²) in [4.78, 5) is 2.43. The van der Waals surface area contributed by atoms with Gasteiger partial charge < -0.3 is 13.9 Å². The summed E-state index contributed by atoms with van der Waals surface area (Å²) in [5.41, 5.74) is 13.1. The molecule has 2 heterocycles. The number of furan rings is 1. The highest BCUT2D eigenvalue weighted by atomic mass is 16.3. The first-order valence-corrected chi connectivity index (χ1v) is 18.8. The lowest BCUT2D eigenvalue weighted by molar-refractivity contribution is 0.669. The zero-order valence-electron chi connectivity index (χ0n) is 29.9. The van der Waals surface area contributed by atoms with Gasteiger partial charge in [-0.3, -0.25) is 0 Å². The molecule has 258 valence electrons. The van der Waals surface area contributed by atoms with Crippen molar-refractivity contribution in [2.24, 2.45) is 0 Å². The fraction of sp³-hybridized carbons (Fsp3) is 0. The zero-order chi connectivity index (χ0) is 36.3. The summed E-state index contributed by atoms with van der Waals surface area (Å²) in [7, 11) is 0.